The SMILES string of the molecule is CC(C)N1[C@@H]2Cc3ccccc3[C@@H]2N(C(=O)/C=C/C(=O)N2[C@@H]3c4ccccc4C[C@@H]3N(C(C)C)S2(=O)=O)S1(=O)=O. The molecule has 4 aliphatic rings. The Balaban J connectivity index is 1.35. The van der Waals surface area contributed by atoms with Crippen LogP contribution < -0.4 is 0 Å². The van der Waals surface area contributed by atoms with Crippen LogP contribution in [0.4, 0.5) is 0 Å². The van der Waals surface area contributed by atoms with Gasteiger partial charge in [0.05, 0.1) is 24.2 Å². The summed E-state index contributed by atoms with van der Waals surface area (Å²) < 4.78 is 58.8. The van der Waals surface area contributed by atoms with Crippen molar-refractivity contribution in [2.45, 2.75) is 76.8 Å². The van der Waals surface area contributed by atoms with Gasteiger partial charge in [-0.15, -0.1) is 0 Å². The van der Waals surface area contributed by atoms with Crippen LogP contribution in [0, 0.1) is 0 Å². The van der Waals surface area contributed by atoms with Crippen molar-refractivity contribution in [3.8, 4) is 0 Å². The molecule has 0 N–H and O–H groups in total. The van der Waals surface area contributed by atoms with Gasteiger partial charge in [0, 0.05) is 24.2 Å². The molecule has 2 heterocycles. The van der Waals surface area contributed by atoms with Gasteiger partial charge in [0.2, 0.25) is 0 Å². The molecule has 6 rings (SSSR count). The lowest BCUT2D eigenvalue weighted by molar-refractivity contribution is -0.125. The van der Waals surface area contributed by atoms with Gasteiger partial charge in [0.25, 0.3) is 11.8 Å². The summed E-state index contributed by atoms with van der Waals surface area (Å²) in [6.45, 7) is 7.05. The first kappa shape index (κ1) is 27.1. The smallest absolute Gasteiger partial charge is 0.269 e. The first-order chi connectivity index (χ1) is 18.9. The number of benzene rings is 2. The molecule has 0 saturated carbocycles. The summed E-state index contributed by atoms with van der Waals surface area (Å²) in [6, 6.07) is 11.7. The Morgan fingerprint density at radius 3 is 1.38 bits per heavy atom. The topological polar surface area (TPSA) is 115 Å². The maximum Gasteiger partial charge on any atom is 0.307 e. The molecule has 0 spiro atoms. The van der Waals surface area contributed by atoms with Gasteiger partial charge in [-0.3, -0.25) is 9.59 Å². The van der Waals surface area contributed by atoms with Crippen LogP contribution in [-0.2, 0) is 42.8 Å². The maximum atomic E-state index is 13.6. The van der Waals surface area contributed by atoms with Crippen LogP contribution in [-0.4, -0.2) is 70.0 Å². The normalized spacial score (nSPS) is 28.4. The van der Waals surface area contributed by atoms with Crippen LogP contribution >= 0.6 is 0 Å². The van der Waals surface area contributed by atoms with E-state index in [1.165, 1.54) is 8.61 Å². The zero-order valence-corrected chi connectivity index (χ0v) is 24.3. The van der Waals surface area contributed by atoms with Gasteiger partial charge in [-0.25, -0.2) is 8.61 Å². The highest BCUT2D eigenvalue weighted by molar-refractivity contribution is 7.88. The molecule has 12 heteroatoms. The molecule has 2 aromatic rings. The van der Waals surface area contributed by atoms with Gasteiger partial charge in [-0.05, 0) is 62.8 Å². The predicted octanol–water partition coefficient (Wildman–Crippen LogP) is 2.47. The predicted molar refractivity (Wildman–Crippen MR) is 148 cm³/mol. The van der Waals surface area contributed by atoms with Gasteiger partial charge < -0.3 is 0 Å². The number of hydrogen-bond acceptors (Lipinski definition) is 6. The lowest BCUT2D eigenvalue weighted by Gasteiger charge is -2.25. The minimum Gasteiger partial charge on any atom is -0.269 e. The van der Waals surface area contributed by atoms with Crippen molar-refractivity contribution in [2.75, 3.05) is 0 Å². The fraction of sp³-hybridized carbons (Fsp3) is 0.429. The molecular weight excluding hydrogens is 552 g/mol. The number of rotatable bonds is 4. The van der Waals surface area contributed by atoms with E-state index in [0.29, 0.717) is 12.8 Å². The van der Waals surface area contributed by atoms with Gasteiger partial charge in [0.15, 0.2) is 0 Å². The Morgan fingerprint density at radius 2 is 1.02 bits per heavy atom. The van der Waals surface area contributed by atoms with Crippen LogP contribution in [0.25, 0.3) is 0 Å². The third kappa shape index (κ3) is 3.73. The van der Waals surface area contributed by atoms with Crippen LogP contribution in [0.1, 0.15) is 62.0 Å². The molecule has 0 aromatic heterocycles. The molecular formula is C28H32N4O6S2. The van der Waals surface area contributed by atoms with E-state index in [9.17, 15) is 26.4 Å². The van der Waals surface area contributed by atoms with Crippen LogP contribution in [0.15, 0.2) is 60.7 Å². The summed E-state index contributed by atoms with van der Waals surface area (Å²) in [7, 11) is -8.36. The van der Waals surface area contributed by atoms with Crippen LogP contribution in [0.2, 0.25) is 0 Å². The Hall–Kier alpha value is -3.06. The van der Waals surface area contributed by atoms with E-state index in [0.717, 1.165) is 43.0 Å². The van der Waals surface area contributed by atoms with Gasteiger partial charge in [0.1, 0.15) is 0 Å². The lowest BCUT2D eigenvalue weighted by atomic mass is 10.1. The lowest BCUT2D eigenvalue weighted by Crippen LogP contribution is -2.43. The zero-order valence-electron chi connectivity index (χ0n) is 22.7. The molecule has 0 unspecified atom stereocenters. The molecule has 2 aliphatic carbocycles. The number of fused-ring (bicyclic) bond motifs is 6. The van der Waals surface area contributed by atoms with E-state index in [4.69, 9.17) is 0 Å². The number of amides is 2. The average molecular weight is 585 g/mol. The zero-order chi connectivity index (χ0) is 28.7. The van der Waals surface area contributed by atoms with E-state index in [1.807, 2.05) is 48.5 Å². The maximum absolute atomic E-state index is 13.6. The average Bonchev–Trinajstić information content (AvgIpc) is 3.53. The second kappa shape index (κ2) is 9.23. The first-order valence-corrected chi connectivity index (χ1v) is 16.2. The Morgan fingerprint density at radius 1 is 0.675 bits per heavy atom. The molecule has 2 fully saturated rings. The van der Waals surface area contributed by atoms with Gasteiger partial charge in [-0.2, -0.15) is 25.4 Å². The minimum absolute atomic E-state index is 0.383. The fourth-order valence-electron chi connectivity index (χ4n) is 7.05. The molecule has 0 radical (unpaired) electrons. The highest BCUT2D eigenvalue weighted by Crippen LogP contribution is 2.49. The number of nitrogens with zero attached hydrogens (tertiary/aromatic N) is 4. The van der Waals surface area contributed by atoms with Crippen molar-refractivity contribution in [1.82, 2.24) is 17.2 Å². The van der Waals surface area contributed by atoms with Crippen molar-refractivity contribution in [3.05, 3.63) is 82.9 Å². The summed E-state index contributed by atoms with van der Waals surface area (Å²) in [4.78, 5) is 27.1. The van der Waals surface area contributed by atoms with E-state index in [1.54, 1.807) is 27.7 Å². The first-order valence-electron chi connectivity index (χ1n) is 13.4. The Kier molecular flexibility index (Phi) is 6.26. The highest BCUT2D eigenvalue weighted by Gasteiger charge is 2.59. The Bertz CT molecular complexity index is 1530. The summed E-state index contributed by atoms with van der Waals surface area (Å²) in [6.07, 6.45) is 2.74. The molecule has 212 valence electrons. The third-order valence-corrected chi connectivity index (χ3v) is 12.6. The minimum atomic E-state index is -4.18. The molecule has 2 saturated heterocycles. The summed E-state index contributed by atoms with van der Waals surface area (Å²) in [5.74, 6) is -1.77. The van der Waals surface area contributed by atoms with E-state index >= 15 is 0 Å². The van der Waals surface area contributed by atoms with Crippen LogP contribution in [0.5, 0.6) is 0 Å². The monoisotopic (exact) mass is 584 g/mol. The summed E-state index contributed by atoms with van der Waals surface area (Å²) in [5.41, 5.74) is 3.46. The molecule has 40 heavy (non-hydrogen) atoms. The number of carbonyl (C=O) groups excluding carboxylic acids is 2. The molecule has 2 amide bonds. The largest absolute Gasteiger partial charge is 0.307 e. The molecule has 0 bridgehead atoms. The fourth-order valence-corrected chi connectivity index (χ4v) is 11.2. The van der Waals surface area contributed by atoms with Crippen molar-refractivity contribution < 1.29 is 26.4 Å². The van der Waals surface area contributed by atoms with Crippen molar-refractivity contribution in [3.63, 3.8) is 0 Å². The van der Waals surface area contributed by atoms with Crippen molar-refractivity contribution in [2.24, 2.45) is 0 Å². The third-order valence-electron chi connectivity index (χ3n) is 8.34. The molecule has 4 atom stereocenters. The summed E-state index contributed by atoms with van der Waals surface area (Å²) in [5, 5.41) is 0. The molecule has 2 aliphatic heterocycles. The van der Waals surface area contributed by atoms with E-state index < -0.39 is 56.4 Å². The van der Waals surface area contributed by atoms with E-state index in [-0.39, 0.29) is 12.1 Å². The Labute approximate surface area is 235 Å². The van der Waals surface area contributed by atoms with Crippen LogP contribution in [0.3, 0.4) is 0 Å². The second-order valence-corrected chi connectivity index (χ2v) is 14.7. The number of hydrogen-bond donors (Lipinski definition) is 0. The summed E-state index contributed by atoms with van der Waals surface area (Å²) >= 11 is 0. The van der Waals surface area contributed by atoms with E-state index in [2.05, 4.69) is 0 Å². The second-order valence-electron chi connectivity index (χ2n) is 11.3. The molecule has 10 nitrogen and oxygen atoms in total. The van der Waals surface area contributed by atoms with Crippen molar-refractivity contribution in [1.29, 1.82) is 0 Å². The van der Waals surface area contributed by atoms with Crippen molar-refractivity contribution >= 4 is 32.2 Å². The standard InChI is InChI=1S/C28H32N4O6S2/c1-17(2)29-23-15-19-9-5-7-11-21(19)27(23)31(39(29,35)36)25(33)13-14-26(34)32-28-22-12-8-6-10-20(22)16-24(28)30(18(3)4)40(32,37)38/h5-14,17-18,23-24,27-28H,15-16H2,1-4H3/b14-13+/t23-,24+,27+,28-. The highest BCUT2D eigenvalue weighted by atomic mass is 32.2. The number of carbonyl (C=O) groups is 2. The van der Waals surface area contributed by atoms with Gasteiger partial charge in [-0.1, -0.05) is 48.5 Å². The molecule has 2 aromatic carbocycles. The van der Waals surface area contributed by atoms with Gasteiger partial charge >= 0.3 is 20.4 Å². The quantitative estimate of drug-likeness (QED) is 0.510.